The number of nitrogen functional groups attached to an aromatic ring is 2. The molecule has 8 heteroatoms. The van der Waals surface area contributed by atoms with Gasteiger partial charge in [0.2, 0.25) is 0 Å². The third kappa shape index (κ3) is 12.0. The Morgan fingerprint density at radius 2 is 0.280 bits per heavy atom. The van der Waals surface area contributed by atoms with Crippen molar-refractivity contribution in [3.05, 3.63) is 275 Å². The minimum Gasteiger partial charge on any atom is -0.397 e. The molecule has 0 spiro atoms. The van der Waals surface area contributed by atoms with E-state index < -0.39 is 0 Å². The molecule has 0 aliphatic carbocycles. The SMILES string of the molecule is CC(C)(C)c1ccc2c(c1)c1cc(C(C)(C)C)ccc1n2-c1ccc2c(c1)c1cc(-n3c4ccc(C(C)(C)C)cc4c4cc(C(C)(C)C)ccc43)ccc1n2-c1cc(N)c(N)cc1-n1c2ccc(-n3c4ccc(C(C)(C)C)cc4c4cc(C(C)(C)C)ccc43)cc2c2cc(-n3c4ccc(C(C)(C)C)cc4c4cc(C(C)(C)C)ccc43)ccc21. The van der Waals surface area contributed by atoms with Crippen molar-refractivity contribution < 1.29 is 0 Å². The maximum absolute atomic E-state index is 7.40. The second-order valence-electron chi connectivity index (χ2n) is 42.6. The molecule has 0 bridgehead atoms. The monoisotopic (exact) mass is 1550 g/mol. The molecule has 13 aromatic carbocycles. The van der Waals surface area contributed by atoms with Gasteiger partial charge in [0.15, 0.2) is 0 Å². The van der Waals surface area contributed by atoms with E-state index in [1.54, 1.807) is 0 Å². The predicted octanol–water partition coefficient (Wildman–Crippen LogP) is 29.8. The first-order valence-corrected chi connectivity index (χ1v) is 42.6. The number of hydrogen-bond acceptors (Lipinski definition) is 2. The van der Waals surface area contributed by atoms with Gasteiger partial charge in [-0.25, -0.2) is 0 Å². The standard InChI is InChI=1S/C110H114N8/c1-103(2,3)63-25-37-89-75(49-63)76-50-64(104(4,5)6)26-38-90(76)113(89)71-33-45-97-83(57-71)84-58-72(114-91-39-27-65(105(7,8)9)51-77(91)78-52-66(106(10,11)12)28-40-92(78)114)34-46-98(84)117(97)101-61-87(111)88(112)62-102(101)118-99-47-35-73(115-93-41-29-67(107(13,14)15)53-79(93)80-54-68(108(16,17)18)30-42-94(80)115)59-85(99)86-60-74(36-48-100(86)118)116-95-43-31-69(109(19,20)21)55-81(95)82-56-70(110(22,23)24)32-44-96(82)116/h25-62H,111-112H2,1-24H3. The quantitative estimate of drug-likeness (QED) is 0.163. The first-order chi connectivity index (χ1) is 55.4. The van der Waals surface area contributed by atoms with Crippen LogP contribution in [0.3, 0.4) is 0 Å². The fourth-order valence-corrected chi connectivity index (χ4v) is 19.0. The Bertz CT molecular complexity index is 6360. The average Bonchev–Trinajstić information content (AvgIpc) is 1.55. The lowest BCUT2D eigenvalue weighted by molar-refractivity contribution is 0.590. The molecule has 0 fully saturated rings. The number of fused-ring (bicyclic) bond motifs is 18. The maximum atomic E-state index is 7.40. The second-order valence-corrected chi connectivity index (χ2v) is 42.6. The summed E-state index contributed by atoms with van der Waals surface area (Å²) in [6.45, 7) is 55.7. The summed E-state index contributed by atoms with van der Waals surface area (Å²) in [5, 5.41) is 14.4. The zero-order valence-electron chi connectivity index (χ0n) is 73.8. The molecule has 594 valence electrons. The molecule has 0 radical (unpaired) electrons. The summed E-state index contributed by atoms with van der Waals surface area (Å²) in [6.07, 6.45) is 0. The van der Waals surface area contributed by atoms with Crippen molar-refractivity contribution in [2.24, 2.45) is 0 Å². The van der Waals surface area contributed by atoms with Gasteiger partial charge in [0.1, 0.15) is 0 Å². The van der Waals surface area contributed by atoms with E-state index in [2.05, 4.69) is 424 Å². The lowest BCUT2D eigenvalue weighted by atomic mass is 9.85. The molecule has 0 atom stereocenters. The van der Waals surface area contributed by atoms with E-state index in [0.29, 0.717) is 11.4 Å². The largest absolute Gasteiger partial charge is 0.397 e. The van der Waals surface area contributed by atoms with E-state index in [-0.39, 0.29) is 43.3 Å². The topological polar surface area (TPSA) is 81.6 Å². The number of aromatic nitrogens is 6. The second kappa shape index (κ2) is 25.4. The molecule has 0 saturated heterocycles. The van der Waals surface area contributed by atoms with E-state index >= 15 is 0 Å². The summed E-state index contributed by atoms with van der Waals surface area (Å²) < 4.78 is 15.0. The zero-order chi connectivity index (χ0) is 83.4. The smallest absolute Gasteiger partial charge is 0.0725 e. The van der Waals surface area contributed by atoms with Crippen LogP contribution in [-0.4, -0.2) is 27.4 Å². The first-order valence-electron chi connectivity index (χ1n) is 42.6. The summed E-state index contributed by atoms with van der Waals surface area (Å²) in [5.74, 6) is 0. The van der Waals surface area contributed by atoms with Crippen molar-refractivity contribution >= 4 is 142 Å². The van der Waals surface area contributed by atoms with Gasteiger partial charge in [-0.15, -0.1) is 0 Å². The van der Waals surface area contributed by atoms with Crippen LogP contribution < -0.4 is 11.5 Å². The molecule has 0 saturated carbocycles. The molecule has 6 heterocycles. The van der Waals surface area contributed by atoms with E-state index in [4.69, 9.17) is 11.5 Å². The summed E-state index contributed by atoms with van der Waals surface area (Å²) in [5.41, 5.74) is 45.5. The number of nitrogens with two attached hydrogens (primary N) is 2. The number of rotatable bonds is 6. The molecule has 19 aromatic rings. The van der Waals surface area contributed by atoms with Crippen molar-refractivity contribution in [3.63, 3.8) is 0 Å². The van der Waals surface area contributed by atoms with Gasteiger partial charge in [-0.2, -0.15) is 0 Å². The zero-order valence-corrected chi connectivity index (χ0v) is 73.8. The Labute approximate surface area is 695 Å². The lowest BCUT2D eigenvalue weighted by Crippen LogP contribution is -2.10. The van der Waals surface area contributed by atoms with Crippen LogP contribution in [0.1, 0.15) is 211 Å². The predicted molar refractivity (Wildman–Crippen MR) is 511 cm³/mol. The van der Waals surface area contributed by atoms with Gasteiger partial charge in [0.25, 0.3) is 0 Å². The summed E-state index contributed by atoms with van der Waals surface area (Å²) >= 11 is 0. The molecule has 0 aliphatic rings. The maximum Gasteiger partial charge on any atom is 0.0725 e. The molecular formula is C110H114N8. The molecule has 4 N–H and O–H groups in total. The van der Waals surface area contributed by atoms with Crippen molar-refractivity contribution in [3.8, 4) is 34.1 Å². The number of anilines is 2. The van der Waals surface area contributed by atoms with Crippen molar-refractivity contribution in [1.82, 2.24) is 27.4 Å². The normalized spacial score (nSPS) is 13.5. The van der Waals surface area contributed by atoms with Gasteiger partial charge in [-0.05, 0) is 270 Å². The van der Waals surface area contributed by atoms with Crippen LogP contribution in [-0.2, 0) is 43.3 Å². The molecule has 0 amide bonds. The third-order valence-electron chi connectivity index (χ3n) is 26.1. The summed E-state index contributed by atoms with van der Waals surface area (Å²) in [4.78, 5) is 0. The van der Waals surface area contributed by atoms with Gasteiger partial charge in [-0.1, -0.05) is 215 Å². The average molecular weight is 1550 g/mol. The lowest BCUT2D eigenvalue weighted by Gasteiger charge is -2.20. The van der Waals surface area contributed by atoms with Crippen LogP contribution in [0.15, 0.2) is 231 Å². The van der Waals surface area contributed by atoms with Gasteiger partial charge in [0.05, 0.1) is 88.9 Å². The molecule has 8 nitrogen and oxygen atoms in total. The van der Waals surface area contributed by atoms with Crippen LogP contribution in [0.4, 0.5) is 11.4 Å². The molecular weight excluding hydrogens is 1430 g/mol. The minimum atomic E-state index is -0.0543. The number of hydrogen-bond donors (Lipinski definition) is 2. The molecule has 0 aliphatic heterocycles. The van der Waals surface area contributed by atoms with Gasteiger partial charge in [-0.3, -0.25) is 0 Å². The van der Waals surface area contributed by atoms with E-state index in [0.717, 1.165) is 77.7 Å². The van der Waals surface area contributed by atoms with Crippen LogP contribution in [0, 0.1) is 0 Å². The summed E-state index contributed by atoms with van der Waals surface area (Å²) in [7, 11) is 0. The van der Waals surface area contributed by atoms with Crippen molar-refractivity contribution in [1.29, 1.82) is 0 Å². The van der Waals surface area contributed by atoms with Crippen LogP contribution >= 0.6 is 0 Å². The Balaban J connectivity index is 0.910. The van der Waals surface area contributed by atoms with E-state index in [1.165, 1.54) is 132 Å². The van der Waals surface area contributed by atoms with E-state index in [1.807, 2.05) is 0 Å². The number of nitrogens with zero attached hydrogens (tertiary/aromatic N) is 6. The van der Waals surface area contributed by atoms with Gasteiger partial charge < -0.3 is 38.9 Å². The van der Waals surface area contributed by atoms with Crippen LogP contribution in [0.25, 0.3) is 165 Å². The highest BCUT2D eigenvalue weighted by Crippen LogP contribution is 2.49. The highest BCUT2D eigenvalue weighted by Gasteiger charge is 2.31. The van der Waals surface area contributed by atoms with E-state index in [9.17, 15) is 0 Å². The Hall–Kier alpha value is -11.7. The summed E-state index contributed by atoms with van der Waals surface area (Å²) in [6, 6.07) is 90.1. The number of benzene rings is 13. The minimum absolute atomic E-state index is 0.0543. The van der Waals surface area contributed by atoms with Crippen LogP contribution in [0.2, 0.25) is 0 Å². The third-order valence-corrected chi connectivity index (χ3v) is 26.1. The highest BCUT2D eigenvalue weighted by atomic mass is 15.1. The van der Waals surface area contributed by atoms with Gasteiger partial charge in [0, 0.05) is 87.4 Å². The fraction of sp³-hybridized carbons (Fsp3) is 0.291. The molecule has 118 heavy (non-hydrogen) atoms. The Morgan fingerprint density at radius 1 is 0.153 bits per heavy atom. The van der Waals surface area contributed by atoms with Crippen molar-refractivity contribution in [2.75, 3.05) is 11.5 Å². The molecule has 0 unspecified atom stereocenters. The van der Waals surface area contributed by atoms with Crippen molar-refractivity contribution in [2.45, 2.75) is 209 Å². The van der Waals surface area contributed by atoms with Gasteiger partial charge >= 0.3 is 0 Å². The molecule has 6 aromatic heterocycles. The Morgan fingerprint density at radius 3 is 0.424 bits per heavy atom. The van der Waals surface area contributed by atoms with Crippen LogP contribution in [0.5, 0.6) is 0 Å². The Kier molecular flexibility index (Phi) is 16.4. The molecule has 19 rings (SSSR count). The highest BCUT2D eigenvalue weighted by molar-refractivity contribution is 6.18. The first kappa shape index (κ1) is 76.2. The fourth-order valence-electron chi connectivity index (χ4n) is 19.0.